The van der Waals surface area contributed by atoms with Gasteiger partial charge in [-0.2, -0.15) is 0 Å². The monoisotopic (exact) mass is 479 g/mol. The van der Waals surface area contributed by atoms with Crippen LogP contribution in [0.3, 0.4) is 0 Å². The summed E-state index contributed by atoms with van der Waals surface area (Å²) >= 11 is 0. The molecule has 34 heavy (non-hydrogen) atoms. The van der Waals surface area contributed by atoms with E-state index < -0.39 is 22.8 Å². The lowest BCUT2D eigenvalue weighted by Crippen LogP contribution is -2.58. The molecule has 0 bridgehead atoms. The molecule has 1 fully saturated rings. The molecule has 10 heteroatoms. The lowest BCUT2D eigenvalue weighted by Gasteiger charge is -2.42. The predicted octanol–water partition coefficient (Wildman–Crippen LogP) is 2.73. The first-order valence-corrected chi connectivity index (χ1v) is 11.6. The van der Waals surface area contributed by atoms with Crippen molar-refractivity contribution < 1.29 is 29.3 Å². The summed E-state index contributed by atoms with van der Waals surface area (Å²) in [4.78, 5) is 29.9. The van der Waals surface area contributed by atoms with Gasteiger partial charge in [0.15, 0.2) is 11.5 Å². The van der Waals surface area contributed by atoms with Crippen LogP contribution in [-0.4, -0.2) is 71.1 Å². The van der Waals surface area contributed by atoms with Crippen LogP contribution < -0.4 is 14.8 Å². The van der Waals surface area contributed by atoms with E-state index in [4.69, 9.17) is 14.3 Å². The van der Waals surface area contributed by atoms with E-state index in [1.54, 1.807) is 23.1 Å². The molecule has 2 rings (SSSR count). The van der Waals surface area contributed by atoms with Crippen LogP contribution in [0.1, 0.15) is 46.5 Å². The molecular weight excluding hydrogens is 442 g/mol. The van der Waals surface area contributed by atoms with Gasteiger partial charge in [0.2, 0.25) is 5.91 Å². The van der Waals surface area contributed by atoms with Crippen LogP contribution in [0.2, 0.25) is 0 Å². The van der Waals surface area contributed by atoms with Gasteiger partial charge < -0.3 is 29.6 Å². The Morgan fingerprint density at radius 1 is 1.32 bits per heavy atom. The van der Waals surface area contributed by atoms with Gasteiger partial charge in [0.25, 0.3) is 5.09 Å². The van der Waals surface area contributed by atoms with E-state index in [1.807, 2.05) is 26.0 Å². The fourth-order valence-electron chi connectivity index (χ4n) is 4.09. The molecule has 10 nitrogen and oxygen atoms in total. The van der Waals surface area contributed by atoms with Crippen molar-refractivity contribution in [2.24, 2.45) is 0 Å². The smallest absolute Gasteiger partial charge is 0.294 e. The van der Waals surface area contributed by atoms with Crippen LogP contribution in [-0.2, 0) is 9.63 Å². The molecule has 0 spiro atoms. The summed E-state index contributed by atoms with van der Waals surface area (Å²) in [6, 6.07) is 6.84. The Bertz CT molecular complexity index is 818. The fraction of sp³-hybridized carbons (Fsp3) is 0.625. The zero-order chi connectivity index (χ0) is 25.1. The molecule has 3 atom stereocenters. The highest BCUT2D eigenvalue weighted by atomic mass is 17.0. The third kappa shape index (κ3) is 8.83. The van der Waals surface area contributed by atoms with Crippen LogP contribution in [0, 0.1) is 10.1 Å². The lowest BCUT2D eigenvalue weighted by atomic mass is 9.90. The molecular formula is C24H37N3O7. The predicted molar refractivity (Wildman–Crippen MR) is 127 cm³/mol. The topological polar surface area (TPSA) is 123 Å². The normalized spacial score (nSPS) is 19.1. The lowest BCUT2D eigenvalue weighted by molar-refractivity contribution is -0.770. The van der Waals surface area contributed by atoms with E-state index in [0.29, 0.717) is 37.5 Å². The first-order chi connectivity index (χ1) is 16.1. The number of hydrogen-bond donors (Lipinski definition) is 2. The minimum atomic E-state index is -0.808. The highest BCUT2D eigenvalue weighted by Gasteiger charge is 2.36. The van der Waals surface area contributed by atoms with Gasteiger partial charge in [0.05, 0.1) is 6.04 Å². The molecule has 0 aromatic heterocycles. The van der Waals surface area contributed by atoms with Crippen molar-refractivity contribution in [2.45, 2.75) is 70.2 Å². The average molecular weight is 480 g/mol. The van der Waals surface area contributed by atoms with Gasteiger partial charge in [-0.25, -0.2) is 0 Å². The van der Waals surface area contributed by atoms with E-state index in [-0.39, 0.29) is 25.1 Å². The fourth-order valence-corrected chi connectivity index (χ4v) is 4.09. The summed E-state index contributed by atoms with van der Waals surface area (Å²) < 4.78 is 11.3. The van der Waals surface area contributed by atoms with Gasteiger partial charge in [-0.05, 0) is 38.8 Å². The molecule has 1 aromatic carbocycles. The van der Waals surface area contributed by atoms with Crippen LogP contribution in [0.15, 0.2) is 36.9 Å². The summed E-state index contributed by atoms with van der Waals surface area (Å²) in [5, 5.41) is 23.9. The zero-order valence-electron chi connectivity index (χ0n) is 20.3. The third-order valence-electron chi connectivity index (χ3n) is 5.71. The third-order valence-corrected chi connectivity index (χ3v) is 5.71. The maximum Gasteiger partial charge on any atom is 0.294 e. The van der Waals surface area contributed by atoms with E-state index in [9.17, 15) is 20.0 Å². The second-order valence-electron chi connectivity index (χ2n) is 9.14. The second-order valence-corrected chi connectivity index (χ2v) is 9.14. The van der Waals surface area contributed by atoms with Crippen molar-refractivity contribution in [1.29, 1.82) is 0 Å². The molecule has 1 aliphatic rings. The molecule has 2 N–H and O–H groups in total. The molecule has 1 saturated carbocycles. The molecule has 1 aliphatic carbocycles. The van der Waals surface area contributed by atoms with Gasteiger partial charge in [-0.3, -0.25) is 4.79 Å². The zero-order valence-corrected chi connectivity index (χ0v) is 20.3. The number of rotatable bonds is 14. The van der Waals surface area contributed by atoms with Gasteiger partial charge in [-0.1, -0.05) is 37.6 Å². The number of hydrogen-bond acceptors (Lipinski definition) is 8. The number of ether oxygens (including phenoxy) is 2. The van der Waals surface area contributed by atoms with Crippen molar-refractivity contribution in [1.82, 2.24) is 10.2 Å². The number of aliphatic hydroxyl groups is 1. The molecule has 0 radical (unpaired) electrons. The van der Waals surface area contributed by atoms with E-state index in [1.165, 1.54) is 6.92 Å². The van der Waals surface area contributed by atoms with E-state index in [2.05, 4.69) is 11.9 Å². The average Bonchev–Trinajstić information content (AvgIpc) is 2.79. The quantitative estimate of drug-likeness (QED) is 0.237. The molecule has 1 amide bonds. The number of para-hydroxylation sites is 2. The Morgan fingerprint density at radius 2 is 1.97 bits per heavy atom. The first kappa shape index (κ1) is 27.4. The maximum absolute atomic E-state index is 12.4. The number of aliphatic hydroxyl groups excluding tert-OH is 1. The summed E-state index contributed by atoms with van der Waals surface area (Å²) in [6.07, 6.45) is 3.10. The number of carbonyl (C=O) groups excluding carboxylic acids is 1. The van der Waals surface area contributed by atoms with Gasteiger partial charge in [0, 0.05) is 25.6 Å². The number of β-amino-alcohol motifs (C(OH)–C–C–N with tert-alkyl or cyclic N) is 1. The summed E-state index contributed by atoms with van der Waals surface area (Å²) in [6.45, 7) is 9.87. The minimum absolute atomic E-state index is 0.0509. The van der Waals surface area contributed by atoms with E-state index >= 15 is 0 Å². The number of carbonyl (C=O) groups is 1. The standard InChI is InChI=1S/C24H37N3O7/c1-5-14-32-22-12-8-9-13-23(22)33-16-19(29)15-25-24(3,4)17-26(18(2)28)20-10-6-7-11-21(20)34-27(30)31/h5,8-9,12-13,19-21,25,29H,1,6-7,10-11,14-17H2,2-4H3. The second kappa shape index (κ2) is 13.1. The van der Waals surface area contributed by atoms with Crippen molar-refractivity contribution in [2.75, 3.05) is 26.3 Å². The first-order valence-electron chi connectivity index (χ1n) is 11.6. The van der Waals surface area contributed by atoms with Crippen molar-refractivity contribution >= 4 is 5.91 Å². The Labute approximate surface area is 201 Å². The molecule has 0 heterocycles. The summed E-state index contributed by atoms with van der Waals surface area (Å²) in [7, 11) is 0. The largest absolute Gasteiger partial charge is 0.487 e. The highest BCUT2D eigenvalue weighted by Crippen LogP contribution is 2.28. The number of nitrogens with one attached hydrogen (secondary N) is 1. The number of amides is 1. The van der Waals surface area contributed by atoms with Gasteiger partial charge in [-0.15, -0.1) is 10.1 Å². The highest BCUT2D eigenvalue weighted by molar-refractivity contribution is 5.73. The molecule has 3 unspecified atom stereocenters. The van der Waals surface area contributed by atoms with Crippen LogP contribution in [0.5, 0.6) is 11.5 Å². The Hall–Kier alpha value is -2.85. The Balaban J connectivity index is 1.92. The molecule has 0 aliphatic heterocycles. The Kier molecular flexibility index (Phi) is 10.6. The number of benzene rings is 1. The Morgan fingerprint density at radius 3 is 2.59 bits per heavy atom. The summed E-state index contributed by atoms with van der Waals surface area (Å²) in [5.41, 5.74) is -0.561. The van der Waals surface area contributed by atoms with Crippen LogP contribution >= 0.6 is 0 Å². The molecule has 1 aromatic rings. The SMILES string of the molecule is C=CCOc1ccccc1OCC(O)CNC(C)(C)CN(C(C)=O)C1CCCCC1O[N+](=O)[O-]. The van der Waals surface area contributed by atoms with Gasteiger partial charge >= 0.3 is 0 Å². The molecule has 0 saturated heterocycles. The number of nitrogens with zero attached hydrogens (tertiary/aromatic N) is 2. The molecule has 190 valence electrons. The van der Waals surface area contributed by atoms with Crippen molar-refractivity contribution in [3.05, 3.63) is 47.0 Å². The summed E-state index contributed by atoms with van der Waals surface area (Å²) in [5.74, 6) is 0.928. The maximum atomic E-state index is 12.4. The van der Waals surface area contributed by atoms with Gasteiger partial charge in [0.1, 0.15) is 25.4 Å². The van der Waals surface area contributed by atoms with Crippen LogP contribution in [0.4, 0.5) is 0 Å². The van der Waals surface area contributed by atoms with Crippen molar-refractivity contribution in [3.8, 4) is 11.5 Å². The van der Waals surface area contributed by atoms with E-state index in [0.717, 1.165) is 12.8 Å². The van der Waals surface area contributed by atoms with Crippen LogP contribution in [0.25, 0.3) is 0 Å². The van der Waals surface area contributed by atoms with Crippen molar-refractivity contribution in [3.63, 3.8) is 0 Å². The minimum Gasteiger partial charge on any atom is -0.487 e.